The lowest BCUT2D eigenvalue weighted by Crippen LogP contribution is -2.23. The average Bonchev–Trinajstić information content (AvgIpc) is 2.78. The number of halogens is 2. The van der Waals surface area contributed by atoms with E-state index in [1.165, 1.54) is 6.07 Å². The van der Waals surface area contributed by atoms with E-state index in [9.17, 15) is 23.2 Å². The summed E-state index contributed by atoms with van der Waals surface area (Å²) in [6.45, 7) is 6.89. The summed E-state index contributed by atoms with van der Waals surface area (Å²) in [7, 11) is 0. The number of aromatic nitrogens is 2. The summed E-state index contributed by atoms with van der Waals surface area (Å²) in [5.74, 6) is -3.55. The van der Waals surface area contributed by atoms with Gasteiger partial charge < -0.3 is 9.47 Å². The molecule has 0 amide bonds. The van der Waals surface area contributed by atoms with Crippen LogP contribution in [0.5, 0.6) is 0 Å². The van der Waals surface area contributed by atoms with Crippen LogP contribution >= 0.6 is 0 Å². The van der Waals surface area contributed by atoms with E-state index in [4.69, 9.17) is 9.47 Å². The van der Waals surface area contributed by atoms with Crippen molar-refractivity contribution in [1.29, 1.82) is 0 Å². The number of hydrogen-bond donors (Lipinski definition) is 0. The number of rotatable bonds is 7. The number of nitrogens with zero attached hydrogens (tertiary/aromatic N) is 2. The third-order valence-electron chi connectivity index (χ3n) is 4.75. The van der Waals surface area contributed by atoms with Crippen LogP contribution in [0.25, 0.3) is 11.4 Å². The summed E-state index contributed by atoms with van der Waals surface area (Å²) in [6, 6.07) is 9.61. The van der Waals surface area contributed by atoms with Crippen molar-refractivity contribution in [2.24, 2.45) is 0 Å². The Morgan fingerprint density at radius 2 is 1.60 bits per heavy atom. The number of ether oxygens (including phenoxy) is 2. The molecule has 0 aliphatic carbocycles. The average molecular weight is 482 g/mol. The van der Waals surface area contributed by atoms with Gasteiger partial charge in [0.25, 0.3) is 0 Å². The van der Waals surface area contributed by atoms with E-state index >= 15 is 0 Å². The molecule has 1 aromatic heterocycles. The first kappa shape index (κ1) is 25.6. The minimum atomic E-state index is -0.918. The Morgan fingerprint density at radius 3 is 2.14 bits per heavy atom. The van der Waals surface area contributed by atoms with Crippen LogP contribution in [0.15, 0.2) is 42.5 Å². The molecule has 1 heterocycles. The van der Waals surface area contributed by atoms with Gasteiger partial charge in [-0.25, -0.2) is 28.3 Å². The second kappa shape index (κ2) is 10.5. The maximum absolute atomic E-state index is 14.4. The molecule has 0 aliphatic heterocycles. The van der Waals surface area contributed by atoms with E-state index in [-0.39, 0.29) is 35.8 Å². The Kier molecular flexibility index (Phi) is 7.68. The highest BCUT2D eigenvalue weighted by Gasteiger charge is 2.25. The zero-order chi connectivity index (χ0) is 25.8. The lowest BCUT2D eigenvalue weighted by molar-refractivity contribution is 0.00692. The number of aldehydes is 1. The number of hydrogen-bond acceptors (Lipinski definition) is 7. The highest BCUT2D eigenvalue weighted by Crippen LogP contribution is 2.26. The molecule has 0 atom stereocenters. The molecule has 3 aromatic rings. The summed E-state index contributed by atoms with van der Waals surface area (Å²) in [5.41, 5.74) is -0.752. The summed E-state index contributed by atoms with van der Waals surface area (Å²) in [5, 5.41) is 0. The fourth-order valence-corrected chi connectivity index (χ4v) is 3.28. The molecule has 0 fully saturated rings. The Morgan fingerprint density at radius 1 is 0.971 bits per heavy atom. The highest BCUT2D eigenvalue weighted by atomic mass is 19.1. The van der Waals surface area contributed by atoms with Crippen molar-refractivity contribution < 1.29 is 32.6 Å². The van der Waals surface area contributed by atoms with Gasteiger partial charge in [-0.15, -0.1) is 0 Å². The molecule has 3 rings (SSSR count). The summed E-state index contributed by atoms with van der Waals surface area (Å²) in [4.78, 5) is 44.9. The lowest BCUT2D eigenvalue weighted by atomic mass is 10.0. The van der Waals surface area contributed by atoms with Crippen LogP contribution in [-0.2, 0) is 15.9 Å². The van der Waals surface area contributed by atoms with Crippen LogP contribution in [0.1, 0.15) is 70.2 Å². The molecule has 9 heteroatoms. The standard InChI is InChI=1S/C26H24F2N2O5/c1-5-34-25(33)22-19(13-15-9-11-16(12-10-15)24(32)35-26(2,3)4)29-23(30-20(22)14-31)21-17(27)7-6-8-18(21)28/h6-12,14H,5,13H2,1-4H3. The highest BCUT2D eigenvalue weighted by molar-refractivity contribution is 5.98. The van der Waals surface area contributed by atoms with Crippen molar-refractivity contribution in [1.82, 2.24) is 9.97 Å². The topological polar surface area (TPSA) is 95.5 Å². The second-order valence-corrected chi connectivity index (χ2v) is 8.56. The fourth-order valence-electron chi connectivity index (χ4n) is 3.28. The molecule has 0 spiro atoms. The van der Waals surface area contributed by atoms with Gasteiger partial charge in [-0.1, -0.05) is 18.2 Å². The smallest absolute Gasteiger partial charge is 0.342 e. The normalized spacial score (nSPS) is 11.1. The van der Waals surface area contributed by atoms with Crippen LogP contribution < -0.4 is 0 Å². The Bertz CT molecular complexity index is 1250. The van der Waals surface area contributed by atoms with Gasteiger partial charge in [0.15, 0.2) is 12.1 Å². The van der Waals surface area contributed by atoms with E-state index in [1.807, 2.05) is 0 Å². The van der Waals surface area contributed by atoms with Crippen molar-refractivity contribution >= 4 is 18.2 Å². The van der Waals surface area contributed by atoms with Crippen LogP contribution in [0, 0.1) is 11.6 Å². The van der Waals surface area contributed by atoms with E-state index in [0.29, 0.717) is 17.4 Å². The monoisotopic (exact) mass is 482 g/mol. The molecule has 0 bridgehead atoms. The predicted molar refractivity (Wildman–Crippen MR) is 123 cm³/mol. The summed E-state index contributed by atoms with van der Waals surface area (Å²) < 4.78 is 39.2. The van der Waals surface area contributed by atoms with Gasteiger partial charge in [-0.3, -0.25) is 4.79 Å². The third kappa shape index (κ3) is 6.11. The summed E-state index contributed by atoms with van der Waals surface area (Å²) >= 11 is 0. The molecule has 0 aliphatic rings. The quantitative estimate of drug-likeness (QED) is 0.347. The molecule has 0 unspecified atom stereocenters. The maximum atomic E-state index is 14.4. The number of carbonyl (C=O) groups excluding carboxylic acids is 3. The van der Waals surface area contributed by atoms with Gasteiger partial charge in [0.05, 0.1) is 23.4 Å². The van der Waals surface area contributed by atoms with E-state index in [1.54, 1.807) is 52.0 Å². The first-order chi connectivity index (χ1) is 16.5. The molecular weight excluding hydrogens is 458 g/mol. The van der Waals surface area contributed by atoms with Gasteiger partial charge >= 0.3 is 11.9 Å². The molecule has 0 saturated heterocycles. The van der Waals surface area contributed by atoms with Crippen molar-refractivity contribution in [3.63, 3.8) is 0 Å². The van der Waals surface area contributed by atoms with E-state index in [0.717, 1.165) is 12.1 Å². The first-order valence-corrected chi connectivity index (χ1v) is 10.8. The zero-order valence-electron chi connectivity index (χ0n) is 19.7. The molecule has 7 nitrogen and oxygen atoms in total. The molecule has 0 radical (unpaired) electrons. The molecule has 0 N–H and O–H groups in total. The molecule has 182 valence electrons. The van der Waals surface area contributed by atoms with Crippen LogP contribution in [-0.4, -0.2) is 40.4 Å². The zero-order valence-corrected chi connectivity index (χ0v) is 19.7. The molecule has 0 saturated carbocycles. The van der Waals surface area contributed by atoms with Crippen molar-refractivity contribution in [3.8, 4) is 11.4 Å². The fraction of sp³-hybridized carbons (Fsp3) is 0.269. The Balaban J connectivity index is 2.07. The van der Waals surface area contributed by atoms with Crippen molar-refractivity contribution in [2.45, 2.75) is 39.7 Å². The minimum Gasteiger partial charge on any atom is -0.462 e. The predicted octanol–water partition coefficient (Wildman–Crippen LogP) is 4.96. The van der Waals surface area contributed by atoms with Gasteiger partial charge in [-0.2, -0.15) is 0 Å². The molecular formula is C26H24F2N2O5. The van der Waals surface area contributed by atoms with Crippen LogP contribution in [0.4, 0.5) is 8.78 Å². The summed E-state index contributed by atoms with van der Waals surface area (Å²) in [6.07, 6.45) is 0.306. The van der Waals surface area contributed by atoms with Crippen LogP contribution in [0.2, 0.25) is 0 Å². The number of carbonyl (C=O) groups is 3. The van der Waals surface area contributed by atoms with Gasteiger partial charge in [0.1, 0.15) is 28.5 Å². The van der Waals surface area contributed by atoms with Crippen LogP contribution in [0.3, 0.4) is 0 Å². The minimum absolute atomic E-state index is 0.00478. The van der Waals surface area contributed by atoms with Gasteiger partial charge in [-0.05, 0) is 57.5 Å². The van der Waals surface area contributed by atoms with Gasteiger partial charge in [0.2, 0.25) is 0 Å². The lowest BCUT2D eigenvalue weighted by Gasteiger charge is -2.19. The van der Waals surface area contributed by atoms with Gasteiger partial charge in [0, 0.05) is 6.42 Å². The second-order valence-electron chi connectivity index (χ2n) is 8.56. The first-order valence-electron chi connectivity index (χ1n) is 10.8. The largest absolute Gasteiger partial charge is 0.462 e. The van der Waals surface area contributed by atoms with E-state index < -0.39 is 34.7 Å². The Hall–Kier alpha value is -4.01. The molecule has 35 heavy (non-hydrogen) atoms. The van der Waals surface area contributed by atoms with Crippen molar-refractivity contribution in [3.05, 3.63) is 82.2 Å². The third-order valence-corrected chi connectivity index (χ3v) is 4.75. The maximum Gasteiger partial charge on any atom is 0.342 e. The Labute approximate surface area is 201 Å². The van der Waals surface area contributed by atoms with Crippen molar-refractivity contribution in [2.75, 3.05) is 6.61 Å². The van der Waals surface area contributed by atoms with E-state index in [2.05, 4.69) is 9.97 Å². The SMILES string of the molecule is CCOC(=O)c1c(C=O)nc(-c2c(F)cccc2F)nc1Cc1ccc(C(=O)OC(C)(C)C)cc1. The molecule has 2 aromatic carbocycles. The number of benzene rings is 2. The number of esters is 2.